The standard InChI is InChI=1S/C15H17N5OS/c1-8-4-13(21)18-11-5-10(9-2-3-22-7-9)6-12(14(8)11)19-20-15(16)17/h2-4,7,10H,5-6H2,1H3,(H,18,21)(H4,16,17,20)/b19-12-. The Morgan fingerprint density at radius 3 is 2.91 bits per heavy atom. The first kappa shape index (κ1) is 14.5. The minimum atomic E-state index is -0.0941. The zero-order chi connectivity index (χ0) is 15.7. The van der Waals surface area contributed by atoms with Crippen LogP contribution in [0.2, 0.25) is 0 Å². The van der Waals surface area contributed by atoms with Crippen LogP contribution in [0.3, 0.4) is 0 Å². The van der Waals surface area contributed by atoms with E-state index in [0.29, 0.717) is 0 Å². The number of hydrogen-bond donors (Lipinski definition) is 3. The average Bonchev–Trinajstić information content (AvgIpc) is 2.97. The van der Waals surface area contributed by atoms with E-state index in [2.05, 4.69) is 32.0 Å². The summed E-state index contributed by atoms with van der Waals surface area (Å²) in [5.74, 6) is 0.193. The van der Waals surface area contributed by atoms with Gasteiger partial charge in [0.05, 0.1) is 5.71 Å². The number of guanidine groups is 1. The van der Waals surface area contributed by atoms with Crippen molar-refractivity contribution in [1.82, 2.24) is 4.98 Å². The first-order chi connectivity index (χ1) is 10.5. The molecule has 0 aliphatic heterocycles. The molecule has 1 unspecified atom stereocenters. The number of pyridine rings is 1. The molecule has 2 heterocycles. The lowest BCUT2D eigenvalue weighted by Gasteiger charge is -2.26. The van der Waals surface area contributed by atoms with Crippen molar-refractivity contribution in [2.24, 2.45) is 21.7 Å². The van der Waals surface area contributed by atoms with Crippen molar-refractivity contribution >= 4 is 23.0 Å². The van der Waals surface area contributed by atoms with E-state index in [0.717, 1.165) is 35.4 Å². The van der Waals surface area contributed by atoms with Gasteiger partial charge in [0, 0.05) is 17.3 Å². The predicted molar refractivity (Wildman–Crippen MR) is 89.5 cm³/mol. The van der Waals surface area contributed by atoms with Gasteiger partial charge in [0.2, 0.25) is 11.5 Å². The Labute approximate surface area is 131 Å². The van der Waals surface area contributed by atoms with Crippen molar-refractivity contribution in [2.45, 2.75) is 25.7 Å². The van der Waals surface area contributed by atoms with E-state index in [4.69, 9.17) is 11.5 Å². The summed E-state index contributed by atoms with van der Waals surface area (Å²) in [6.45, 7) is 1.91. The zero-order valence-electron chi connectivity index (χ0n) is 12.2. The molecule has 7 heteroatoms. The number of aryl methyl sites for hydroxylation is 1. The first-order valence-electron chi connectivity index (χ1n) is 6.95. The number of rotatable bonds is 2. The highest BCUT2D eigenvalue weighted by Gasteiger charge is 2.27. The maximum Gasteiger partial charge on any atom is 0.248 e. The molecule has 0 saturated carbocycles. The molecule has 114 valence electrons. The van der Waals surface area contributed by atoms with E-state index in [1.54, 1.807) is 17.4 Å². The maximum atomic E-state index is 11.8. The zero-order valence-corrected chi connectivity index (χ0v) is 13.0. The summed E-state index contributed by atoms with van der Waals surface area (Å²) in [7, 11) is 0. The molecule has 6 nitrogen and oxygen atoms in total. The highest BCUT2D eigenvalue weighted by atomic mass is 32.1. The van der Waals surface area contributed by atoms with Crippen LogP contribution >= 0.6 is 11.3 Å². The van der Waals surface area contributed by atoms with Gasteiger partial charge in [-0.3, -0.25) is 4.79 Å². The van der Waals surface area contributed by atoms with Gasteiger partial charge in [-0.1, -0.05) is 0 Å². The van der Waals surface area contributed by atoms with Crippen molar-refractivity contribution in [3.05, 3.63) is 55.6 Å². The summed E-state index contributed by atoms with van der Waals surface area (Å²) in [6, 6.07) is 3.68. The Morgan fingerprint density at radius 2 is 2.23 bits per heavy atom. The Balaban J connectivity index is 2.12. The van der Waals surface area contributed by atoms with Crippen LogP contribution in [0.25, 0.3) is 0 Å². The highest BCUT2D eigenvalue weighted by Crippen LogP contribution is 2.34. The molecule has 0 spiro atoms. The van der Waals surface area contributed by atoms with Crippen molar-refractivity contribution in [3.8, 4) is 0 Å². The number of nitrogens with two attached hydrogens (primary N) is 2. The molecule has 0 fully saturated rings. The molecule has 22 heavy (non-hydrogen) atoms. The van der Waals surface area contributed by atoms with Gasteiger partial charge >= 0.3 is 0 Å². The Morgan fingerprint density at radius 1 is 1.41 bits per heavy atom. The molecule has 1 atom stereocenters. The van der Waals surface area contributed by atoms with E-state index in [1.807, 2.05) is 6.92 Å². The lowest BCUT2D eigenvalue weighted by Crippen LogP contribution is -2.26. The molecule has 0 aromatic carbocycles. The summed E-state index contributed by atoms with van der Waals surface area (Å²) in [4.78, 5) is 14.7. The number of aromatic nitrogens is 1. The maximum absolute atomic E-state index is 11.8. The molecule has 3 rings (SSSR count). The molecule has 1 aliphatic rings. The van der Waals surface area contributed by atoms with Crippen LogP contribution in [0.1, 0.15) is 34.7 Å². The number of nitrogens with zero attached hydrogens (tertiary/aromatic N) is 2. The van der Waals surface area contributed by atoms with Gasteiger partial charge in [-0.15, -0.1) is 5.10 Å². The Kier molecular flexibility index (Phi) is 3.81. The lowest BCUT2D eigenvalue weighted by molar-refractivity contribution is 0.677. The van der Waals surface area contributed by atoms with Crippen LogP contribution in [0, 0.1) is 6.92 Å². The minimum absolute atomic E-state index is 0.0752. The largest absolute Gasteiger partial charge is 0.369 e. The normalized spacial score (nSPS) is 19.0. The van der Waals surface area contributed by atoms with Gasteiger partial charge in [-0.05, 0) is 53.6 Å². The third-order valence-electron chi connectivity index (χ3n) is 3.80. The third-order valence-corrected chi connectivity index (χ3v) is 4.50. The number of H-pyrrole nitrogens is 1. The number of fused-ring (bicyclic) bond motifs is 1. The third kappa shape index (κ3) is 2.80. The van der Waals surface area contributed by atoms with E-state index >= 15 is 0 Å². The second-order valence-electron chi connectivity index (χ2n) is 5.40. The molecule has 1 aliphatic carbocycles. The SMILES string of the molecule is Cc1cc(=O)[nH]c2c1/C(=N\N=C(N)N)CC(c1ccsc1)C2. The van der Waals surface area contributed by atoms with Gasteiger partial charge in [0.1, 0.15) is 0 Å². The Hall–Kier alpha value is -2.41. The van der Waals surface area contributed by atoms with Crippen molar-refractivity contribution in [3.63, 3.8) is 0 Å². The second kappa shape index (κ2) is 5.76. The molecule has 2 aromatic rings. The summed E-state index contributed by atoms with van der Waals surface area (Å²) in [6.07, 6.45) is 1.53. The fourth-order valence-electron chi connectivity index (χ4n) is 2.91. The van der Waals surface area contributed by atoms with Gasteiger partial charge in [-0.25, -0.2) is 0 Å². The number of aromatic amines is 1. The molecule has 0 amide bonds. The Bertz CT molecular complexity index is 800. The first-order valence-corrected chi connectivity index (χ1v) is 7.89. The second-order valence-corrected chi connectivity index (χ2v) is 6.18. The average molecular weight is 315 g/mol. The molecular weight excluding hydrogens is 298 g/mol. The number of nitrogens with one attached hydrogen (secondary N) is 1. The predicted octanol–water partition coefficient (Wildman–Crippen LogP) is 1.45. The number of hydrogen-bond acceptors (Lipinski definition) is 4. The van der Waals surface area contributed by atoms with E-state index < -0.39 is 0 Å². The molecule has 5 N–H and O–H groups in total. The van der Waals surface area contributed by atoms with Gasteiger partial charge in [0.15, 0.2) is 0 Å². The molecule has 0 radical (unpaired) electrons. The van der Waals surface area contributed by atoms with Crippen molar-refractivity contribution < 1.29 is 0 Å². The fourth-order valence-corrected chi connectivity index (χ4v) is 3.66. The van der Waals surface area contributed by atoms with Gasteiger partial charge in [0.25, 0.3) is 0 Å². The van der Waals surface area contributed by atoms with Crippen LogP contribution in [0.5, 0.6) is 0 Å². The quantitative estimate of drug-likeness (QED) is 0.443. The van der Waals surface area contributed by atoms with Crippen LogP contribution in [0.15, 0.2) is 37.9 Å². The molecule has 2 aromatic heterocycles. The highest BCUT2D eigenvalue weighted by molar-refractivity contribution is 7.08. The summed E-state index contributed by atoms with van der Waals surface area (Å²) in [5, 5.41) is 12.2. The van der Waals surface area contributed by atoms with Crippen molar-refractivity contribution in [2.75, 3.05) is 0 Å². The molecular formula is C15H17N5OS. The van der Waals surface area contributed by atoms with Gasteiger partial charge in [-0.2, -0.15) is 16.4 Å². The summed E-state index contributed by atoms with van der Waals surface area (Å²) in [5.41, 5.74) is 15.5. The van der Waals surface area contributed by atoms with Crippen LogP contribution in [-0.2, 0) is 6.42 Å². The van der Waals surface area contributed by atoms with E-state index in [1.165, 1.54) is 5.56 Å². The molecule has 0 bridgehead atoms. The van der Waals surface area contributed by atoms with Crippen LogP contribution in [-0.4, -0.2) is 16.7 Å². The smallest absolute Gasteiger partial charge is 0.248 e. The van der Waals surface area contributed by atoms with Crippen LogP contribution in [0.4, 0.5) is 0 Å². The fraction of sp³-hybridized carbons (Fsp3) is 0.267. The minimum Gasteiger partial charge on any atom is -0.369 e. The summed E-state index contributed by atoms with van der Waals surface area (Å²) >= 11 is 1.66. The number of thiophene rings is 1. The van der Waals surface area contributed by atoms with Crippen LogP contribution < -0.4 is 17.0 Å². The van der Waals surface area contributed by atoms with E-state index in [9.17, 15) is 4.79 Å². The summed E-state index contributed by atoms with van der Waals surface area (Å²) < 4.78 is 0. The van der Waals surface area contributed by atoms with Gasteiger partial charge < -0.3 is 16.5 Å². The molecule has 0 saturated heterocycles. The monoisotopic (exact) mass is 315 g/mol. The topological polar surface area (TPSA) is 110 Å². The lowest BCUT2D eigenvalue weighted by atomic mass is 9.81. The van der Waals surface area contributed by atoms with Crippen molar-refractivity contribution in [1.29, 1.82) is 0 Å². The van der Waals surface area contributed by atoms with E-state index in [-0.39, 0.29) is 17.4 Å².